The van der Waals surface area contributed by atoms with Crippen LogP contribution in [0.4, 0.5) is 0 Å². The van der Waals surface area contributed by atoms with Gasteiger partial charge in [0.15, 0.2) is 17.3 Å². The van der Waals surface area contributed by atoms with Gasteiger partial charge in [0.05, 0.1) is 36.2 Å². The molecule has 1 fully saturated rings. The first kappa shape index (κ1) is 26.4. The van der Waals surface area contributed by atoms with E-state index in [4.69, 9.17) is 9.47 Å². The molecule has 0 saturated heterocycles. The zero-order valence-electron chi connectivity index (χ0n) is 22.5. The van der Waals surface area contributed by atoms with Gasteiger partial charge >= 0.3 is 5.97 Å². The average Bonchev–Trinajstić information content (AvgIpc) is 3.16. The van der Waals surface area contributed by atoms with E-state index < -0.39 is 75.5 Å². The van der Waals surface area contributed by atoms with Crippen molar-refractivity contribution >= 4 is 29.1 Å². The number of carbonyl (C=O) groups excluding carboxylic acids is 4. The highest BCUT2D eigenvalue weighted by Crippen LogP contribution is 2.61. The summed E-state index contributed by atoms with van der Waals surface area (Å²) in [6.45, 7) is 1.69. The number of aliphatic hydroxyl groups is 3. The first-order valence-electron chi connectivity index (χ1n) is 13.5. The fourth-order valence-electron chi connectivity index (χ4n) is 7.71. The number of ether oxygens (including phenoxy) is 2. The van der Waals surface area contributed by atoms with Gasteiger partial charge < -0.3 is 35.0 Å². The van der Waals surface area contributed by atoms with Crippen molar-refractivity contribution in [2.24, 2.45) is 11.3 Å². The second kappa shape index (κ2) is 8.30. The van der Waals surface area contributed by atoms with Gasteiger partial charge in [0.2, 0.25) is 0 Å². The largest absolute Gasteiger partial charge is 0.507 e. The number of methoxy groups -OCH3 is 1. The van der Waals surface area contributed by atoms with Gasteiger partial charge in [-0.2, -0.15) is 0 Å². The van der Waals surface area contributed by atoms with E-state index in [0.29, 0.717) is 5.56 Å². The standard InChI is InChI=1S/C31H26O11/c1-11-7-14-20(16(33)8-11)26(37)23-24(35)13-5-6-30(23,28(14)39)10-12-9-17-21(25(36)19(12)13)27(38)22-15(32)3-4-18(34)31(22,42-17)29(40)41-2/h5-9,13,18,23,28,33-34,36,38-39H,3-4,10H2,1-2H3/t13-,18+,23?,28+,30+,31-/m1/s1. The van der Waals surface area contributed by atoms with E-state index in [1.807, 2.05) is 0 Å². The van der Waals surface area contributed by atoms with Crippen molar-refractivity contribution < 1.29 is 54.2 Å². The number of allylic oxidation sites excluding steroid dienone is 1. The van der Waals surface area contributed by atoms with Crippen molar-refractivity contribution in [2.45, 2.75) is 49.9 Å². The molecule has 1 unspecified atom stereocenters. The fourth-order valence-corrected chi connectivity index (χ4v) is 7.71. The number of aryl methyl sites for hydroxylation is 1. The Morgan fingerprint density at radius 1 is 1.07 bits per heavy atom. The Morgan fingerprint density at radius 2 is 1.81 bits per heavy atom. The minimum atomic E-state index is -2.39. The Morgan fingerprint density at radius 3 is 2.52 bits per heavy atom. The van der Waals surface area contributed by atoms with E-state index in [-0.39, 0.29) is 58.6 Å². The topological polar surface area (TPSA) is 188 Å². The fraction of sp³-hybridized carbons (Fsp3) is 0.355. The van der Waals surface area contributed by atoms with Crippen molar-refractivity contribution in [3.63, 3.8) is 0 Å². The molecular formula is C31H26O11. The molecule has 5 aliphatic carbocycles. The molecule has 1 spiro atoms. The Labute approximate surface area is 238 Å². The number of aliphatic hydroxyl groups excluding tert-OH is 3. The quantitative estimate of drug-likeness (QED) is 0.190. The van der Waals surface area contributed by atoms with Crippen molar-refractivity contribution in [2.75, 3.05) is 7.11 Å². The van der Waals surface area contributed by atoms with Crippen molar-refractivity contribution in [1.82, 2.24) is 0 Å². The molecular weight excluding hydrogens is 548 g/mol. The maximum Gasteiger partial charge on any atom is 0.358 e. The lowest BCUT2D eigenvalue weighted by Gasteiger charge is -2.46. The minimum absolute atomic E-state index is 0.0517. The molecule has 6 aliphatic rings. The highest BCUT2D eigenvalue weighted by molar-refractivity contribution is 6.18. The van der Waals surface area contributed by atoms with Crippen LogP contribution in [0, 0.1) is 18.3 Å². The van der Waals surface area contributed by atoms with Gasteiger partial charge in [-0.1, -0.05) is 18.2 Å². The number of ketones is 3. The van der Waals surface area contributed by atoms with E-state index in [2.05, 4.69) is 0 Å². The summed E-state index contributed by atoms with van der Waals surface area (Å²) < 4.78 is 10.9. The van der Waals surface area contributed by atoms with Crippen LogP contribution in [-0.2, 0) is 25.5 Å². The summed E-state index contributed by atoms with van der Waals surface area (Å²) in [7, 11) is 1.04. The van der Waals surface area contributed by atoms with Gasteiger partial charge in [0.25, 0.3) is 5.60 Å². The molecule has 0 aromatic heterocycles. The molecule has 11 nitrogen and oxygen atoms in total. The van der Waals surface area contributed by atoms with Crippen LogP contribution in [0.15, 0.2) is 35.9 Å². The Bertz CT molecular complexity index is 1750. The van der Waals surface area contributed by atoms with E-state index in [1.165, 1.54) is 18.2 Å². The van der Waals surface area contributed by atoms with Crippen molar-refractivity contribution in [3.05, 3.63) is 69.3 Å². The number of benzene rings is 2. The Hall–Kier alpha value is -4.48. The van der Waals surface area contributed by atoms with Gasteiger partial charge in [-0.25, -0.2) is 4.79 Å². The lowest BCUT2D eigenvalue weighted by atomic mass is 9.56. The van der Waals surface area contributed by atoms with Gasteiger partial charge in [0.1, 0.15) is 34.7 Å². The number of esters is 1. The SMILES string of the molecule is COC(=O)[C@]12Oc3cc4c(c(O)c3C(O)=C1C(=O)CC[C@@H]2O)[C@H]1C=C[C@]2(C4)C(C(=O)c3c(O)cc(C)cc3[C@@H]2O)C1=O. The third-order valence-corrected chi connectivity index (χ3v) is 9.53. The van der Waals surface area contributed by atoms with Crippen LogP contribution >= 0.6 is 0 Å². The monoisotopic (exact) mass is 574 g/mol. The van der Waals surface area contributed by atoms with Crippen LogP contribution in [0.2, 0.25) is 0 Å². The molecule has 11 heteroatoms. The summed E-state index contributed by atoms with van der Waals surface area (Å²) in [5.74, 6) is -7.64. The minimum Gasteiger partial charge on any atom is -0.507 e. The molecule has 5 N–H and O–H groups in total. The van der Waals surface area contributed by atoms with Crippen LogP contribution in [-0.4, -0.2) is 67.7 Å². The smallest absolute Gasteiger partial charge is 0.358 e. The molecule has 216 valence electrons. The van der Waals surface area contributed by atoms with Gasteiger partial charge in [-0.15, -0.1) is 0 Å². The number of Topliss-reactive ketones (excluding diaryl/α,β-unsaturated/α-hetero) is 3. The van der Waals surface area contributed by atoms with E-state index in [9.17, 15) is 44.7 Å². The highest BCUT2D eigenvalue weighted by Gasteiger charge is 2.63. The normalized spacial score (nSPS) is 32.2. The summed E-state index contributed by atoms with van der Waals surface area (Å²) in [4.78, 5) is 53.9. The number of phenols is 2. The third kappa shape index (κ3) is 2.91. The summed E-state index contributed by atoms with van der Waals surface area (Å²) in [5, 5.41) is 56.3. The molecule has 8 rings (SSSR count). The van der Waals surface area contributed by atoms with Crippen molar-refractivity contribution in [1.29, 1.82) is 0 Å². The molecule has 0 amide bonds. The molecule has 1 saturated carbocycles. The number of aromatic hydroxyl groups is 2. The van der Waals surface area contributed by atoms with Crippen LogP contribution in [0.25, 0.3) is 5.76 Å². The van der Waals surface area contributed by atoms with E-state index in [0.717, 1.165) is 7.11 Å². The summed E-state index contributed by atoms with van der Waals surface area (Å²) in [6, 6.07) is 4.34. The second-order valence-electron chi connectivity index (χ2n) is 11.7. The molecule has 2 bridgehead atoms. The predicted octanol–water partition coefficient (Wildman–Crippen LogP) is 2.01. The molecule has 1 heterocycles. The van der Waals surface area contributed by atoms with Crippen molar-refractivity contribution in [3.8, 4) is 17.2 Å². The number of fused-ring (bicyclic) bond motifs is 3. The van der Waals surface area contributed by atoms with Gasteiger partial charge in [-0.05, 0) is 48.6 Å². The lowest BCUT2D eigenvalue weighted by Crippen LogP contribution is -2.61. The third-order valence-electron chi connectivity index (χ3n) is 9.53. The van der Waals surface area contributed by atoms with Crippen LogP contribution in [0.3, 0.4) is 0 Å². The van der Waals surface area contributed by atoms with Crippen LogP contribution in [0.5, 0.6) is 17.2 Å². The van der Waals surface area contributed by atoms with E-state index >= 15 is 0 Å². The maximum absolute atomic E-state index is 14.0. The molecule has 2 aromatic rings. The van der Waals surface area contributed by atoms with Crippen LogP contribution in [0.1, 0.15) is 63.0 Å². The van der Waals surface area contributed by atoms with E-state index in [1.54, 1.807) is 19.1 Å². The first-order chi connectivity index (χ1) is 19.9. The number of phenolic OH excluding ortho intramolecular Hbond substituents is 2. The molecule has 0 radical (unpaired) electrons. The zero-order valence-corrected chi connectivity index (χ0v) is 22.5. The Balaban J connectivity index is 1.48. The second-order valence-corrected chi connectivity index (χ2v) is 11.7. The number of hydrogen-bond donors (Lipinski definition) is 5. The zero-order chi connectivity index (χ0) is 30.0. The molecule has 2 aromatic carbocycles. The van der Waals surface area contributed by atoms with Gasteiger partial charge in [-0.3, -0.25) is 14.4 Å². The first-order valence-corrected chi connectivity index (χ1v) is 13.5. The number of rotatable bonds is 1. The average molecular weight is 575 g/mol. The highest BCUT2D eigenvalue weighted by atomic mass is 16.6. The number of carbonyl (C=O) groups is 4. The summed E-state index contributed by atoms with van der Waals surface area (Å²) >= 11 is 0. The van der Waals surface area contributed by atoms with Crippen LogP contribution < -0.4 is 4.74 Å². The summed E-state index contributed by atoms with van der Waals surface area (Å²) in [5.41, 5.74) is -3.81. The molecule has 42 heavy (non-hydrogen) atoms. The Kier molecular flexibility index (Phi) is 5.22. The number of hydrogen-bond acceptors (Lipinski definition) is 11. The lowest BCUT2D eigenvalue weighted by molar-refractivity contribution is -0.169. The molecule has 1 aliphatic heterocycles. The predicted molar refractivity (Wildman–Crippen MR) is 142 cm³/mol. The summed E-state index contributed by atoms with van der Waals surface area (Å²) in [6.07, 6.45) is -0.369. The van der Waals surface area contributed by atoms with Gasteiger partial charge in [0, 0.05) is 17.4 Å². The molecule has 6 atom stereocenters. The maximum atomic E-state index is 14.0.